The van der Waals surface area contributed by atoms with Crippen LogP contribution in [-0.2, 0) is 0 Å². The van der Waals surface area contributed by atoms with Crippen molar-refractivity contribution in [3.8, 4) is 0 Å². The van der Waals surface area contributed by atoms with Gasteiger partial charge in [-0.2, -0.15) is 0 Å². The van der Waals surface area contributed by atoms with Crippen molar-refractivity contribution in [2.24, 2.45) is 0 Å². The van der Waals surface area contributed by atoms with Crippen LogP contribution in [0.2, 0.25) is 0 Å². The zero-order chi connectivity index (χ0) is 19.3. The average Bonchev–Trinajstić information content (AvgIpc) is 3.29. The minimum absolute atomic E-state index is 0.0279. The molecule has 0 radical (unpaired) electrons. The van der Waals surface area contributed by atoms with Crippen LogP contribution in [0.3, 0.4) is 0 Å². The number of aromatic nitrogens is 1. The first-order valence-corrected chi connectivity index (χ1v) is 10.1. The summed E-state index contributed by atoms with van der Waals surface area (Å²) in [6.45, 7) is 3.75. The molecule has 0 bridgehead atoms. The van der Waals surface area contributed by atoms with Gasteiger partial charge in [0.05, 0.1) is 0 Å². The zero-order valence-electron chi connectivity index (χ0n) is 16.1. The highest BCUT2D eigenvalue weighted by Gasteiger charge is 2.20. The molecule has 2 aliphatic heterocycles. The van der Waals surface area contributed by atoms with Gasteiger partial charge in [0.2, 0.25) is 0 Å². The Labute approximate surface area is 165 Å². The van der Waals surface area contributed by atoms with Gasteiger partial charge in [-0.25, -0.2) is 0 Å². The zero-order valence-corrected chi connectivity index (χ0v) is 16.1. The molecule has 2 aromatic rings. The molecule has 2 fully saturated rings. The van der Waals surface area contributed by atoms with Crippen LogP contribution >= 0.6 is 0 Å². The Morgan fingerprint density at radius 3 is 2.25 bits per heavy atom. The van der Waals surface area contributed by atoms with Gasteiger partial charge in [-0.05, 0) is 68.5 Å². The number of nitrogens with one attached hydrogen (secondary N) is 1. The molecule has 4 rings (SSSR count). The first-order chi connectivity index (χ1) is 13.7. The molecule has 2 saturated heterocycles. The van der Waals surface area contributed by atoms with Gasteiger partial charge < -0.3 is 15.1 Å². The molecular formula is C22H26N4O2. The fourth-order valence-corrected chi connectivity index (χ4v) is 3.89. The van der Waals surface area contributed by atoms with E-state index in [0.717, 1.165) is 44.7 Å². The molecule has 28 heavy (non-hydrogen) atoms. The number of nitrogens with zero attached hydrogens (tertiary/aromatic N) is 3. The standard InChI is InChI=1S/C22H26N4O2/c27-21(20-16-17(10-11-23-20)22(28)26-14-4-5-15-26)24-18-6-8-19(9-7-18)25-12-2-1-3-13-25/h6-11,16H,1-5,12-15H2,(H,24,27). The number of carbonyl (C=O) groups excluding carboxylic acids is 2. The molecule has 6 heteroatoms. The third-order valence-electron chi connectivity index (χ3n) is 5.48. The average molecular weight is 378 g/mol. The lowest BCUT2D eigenvalue weighted by Crippen LogP contribution is -2.29. The van der Waals surface area contributed by atoms with Crippen LogP contribution < -0.4 is 10.2 Å². The maximum atomic E-state index is 12.6. The third kappa shape index (κ3) is 4.16. The van der Waals surface area contributed by atoms with Gasteiger partial charge in [0.25, 0.3) is 11.8 Å². The summed E-state index contributed by atoms with van der Waals surface area (Å²) in [7, 11) is 0. The fraction of sp³-hybridized carbons (Fsp3) is 0.409. The van der Waals surface area contributed by atoms with E-state index >= 15 is 0 Å². The number of hydrogen-bond acceptors (Lipinski definition) is 4. The number of rotatable bonds is 4. The van der Waals surface area contributed by atoms with Gasteiger partial charge in [0, 0.05) is 49.3 Å². The minimum Gasteiger partial charge on any atom is -0.372 e. The predicted octanol–water partition coefficient (Wildman–Crippen LogP) is 3.56. The summed E-state index contributed by atoms with van der Waals surface area (Å²) in [4.78, 5) is 33.5. The third-order valence-corrected chi connectivity index (χ3v) is 5.48. The first-order valence-electron chi connectivity index (χ1n) is 10.1. The lowest BCUT2D eigenvalue weighted by atomic mass is 10.1. The monoisotopic (exact) mass is 378 g/mol. The van der Waals surface area contributed by atoms with Gasteiger partial charge in [0.1, 0.15) is 5.69 Å². The minimum atomic E-state index is -0.304. The van der Waals surface area contributed by atoms with E-state index in [4.69, 9.17) is 0 Å². The van der Waals surface area contributed by atoms with E-state index < -0.39 is 0 Å². The van der Waals surface area contributed by atoms with Crippen molar-refractivity contribution < 1.29 is 9.59 Å². The molecule has 0 aliphatic carbocycles. The molecule has 3 heterocycles. The van der Waals surface area contributed by atoms with E-state index in [0.29, 0.717) is 5.56 Å². The molecule has 0 spiro atoms. The van der Waals surface area contributed by atoms with Crippen LogP contribution in [0.1, 0.15) is 53.0 Å². The summed E-state index contributed by atoms with van der Waals surface area (Å²) in [6.07, 6.45) is 7.37. The molecule has 0 unspecified atom stereocenters. The largest absolute Gasteiger partial charge is 0.372 e. The van der Waals surface area contributed by atoms with Crippen molar-refractivity contribution in [1.29, 1.82) is 0 Å². The molecule has 2 amide bonds. The quantitative estimate of drug-likeness (QED) is 0.883. The number of pyridine rings is 1. The van der Waals surface area contributed by atoms with E-state index in [9.17, 15) is 9.59 Å². The predicted molar refractivity (Wildman–Crippen MR) is 110 cm³/mol. The number of anilines is 2. The highest BCUT2D eigenvalue weighted by molar-refractivity contribution is 6.04. The van der Waals surface area contributed by atoms with Crippen LogP contribution in [0, 0.1) is 0 Å². The van der Waals surface area contributed by atoms with Crippen molar-refractivity contribution in [2.75, 3.05) is 36.4 Å². The molecule has 2 aliphatic rings. The first kappa shape index (κ1) is 18.5. The second kappa shape index (κ2) is 8.42. The Balaban J connectivity index is 1.42. The summed E-state index contributed by atoms with van der Waals surface area (Å²) >= 11 is 0. The molecule has 1 aromatic heterocycles. The van der Waals surface area contributed by atoms with Crippen LogP contribution in [0.25, 0.3) is 0 Å². The normalized spacial score (nSPS) is 16.9. The van der Waals surface area contributed by atoms with Crippen LogP contribution in [0.4, 0.5) is 11.4 Å². The van der Waals surface area contributed by atoms with E-state index in [2.05, 4.69) is 15.2 Å². The van der Waals surface area contributed by atoms with Gasteiger partial charge in [0.15, 0.2) is 0 Å². The highest BCUT2D eigenvalue weighted by Crippen LogP contribution is 2.22. The van der Waals surface area contributed by atoms with E-state index in [1.54, 1.807) is 12.1 Å². The number of hydrogen-bond donors (Lipinski definition) is 1. The Bertz CT molecular complexity index is 838. The molecule has 146 valence electrons. The number of amides is 2. The van der Waals surface area contributed by atoms with Gasteiger partial charge in [-0.15, -0.1) is 0 Å². The number of carbonyl (C=O) groups is 2. The molecule has 6 nitrogen and oxygen atoms in total. The van der Waals surface area contributed by atoms with Crippen molar-refractivity contribution in [3.63, 3.8) is 0 Å². The van der Waals surface area contributed by atoms with Gasteiger partial charge in [-0.3, -0.25) is 14.6 Å². The second-order valence-corrected chi connectivity index (χ2v) is 7.48. The number of benzene rings is 1. The molecule has 0 atom stereocenters. The van der Waals surface area contributed by atoms with Crippen LogP contribution in [0.15, 0.2) is 42.6 Å². The Morgan fingerprint density at radius 1 is 0.857 bits per heavy atom. The van der Waals surface area contributed by atoms with Crippen molar-refractivity contribution >= 4 is 23.2 Å². The molecule has 1 aromatic carbocycles. The second-order valence-electron chi connectivity index (χ2n) is 7.48. The van der Waals surface area contributed by atoms with Crippen LogP contribution in [-0.4, -0.2) is 47.9 Å². The Kier molecular flexibility index (Phi) is 5.55. The van der Waals surface area contributed by atoms with Gasteiger partial charge >= 0.3 is 0 Å². The summed E-state index contributed by atoms with van der Waals surface area (Å²) < 4.78 is 0. The van der Waals surface area contributed by atoms with Crippen molar-refractivity contribution in [2.45, 2.75) is 32.1 Å². The maximum Gasteiger partial charge on any atom is 0.274 e. The lowest BCUT2D eigenvalue weighted by molar-refractivity contribution is 0.0792. The van der Waals surface area contributed by atoms with E-state index in [1.807, 2.05) is 29.2 Å². The van der Waals surface area contributed by atoms with E-state index in [1.165, 1.54) is 31.1 Å². The summed E-state index contributed by atoms with van der Waals surface area (Å²) in [6, 6.07) is 11.2. The molecule has 1 N–H and O–H groups in total. The summed E-state index contributed by atoms with van der Waals surface area (Å²) in [5, 5.41) is 2.88. The molecule has 0 saturated carbocycles. The molecular weight excluding hydrogens is 352 g/mol. The smallest absolute Gasteiger partial charge is 0.274 e. The topological polar surface area (TPSA) is 65.5 Å². The lowest BCUT2D eigenvalue weighted by Gasteiger charge is -2.28. The summed E-state index contributed by atoms with van der Waals surface area (Å²) in [5.41, 5.74) is 2.69. The Morgan fingerprint density at radius 2 is 1.54 bits per heavy atom. The van der Waals surface area contributed by atoms with E-state index in [-0.39, 0.29) is 17.5 Å². The highest BCUT2D eigenvalue weighted by atomic mass is 16.2. The maximum absolute atomic E-state index is 12.6. The number of piperidine rings is 1. The summed E-state index contributed by atoms with van der Waals surface area (Å²) in [5.74, 6) is -0.332. The SMILES string of the molecule is O=C(Nc1ccc(N2CCCCC2)cc1)c1cc(C(=O)N2CCCC2)ccn1. The van der Waals surface area contributed by atoms with Crippen molar-refractivity contribution in [1.82, 2.24) is 9.88 Å². The number of likely N-dealkylation sites (tertiary alicyclic amines) is 1. The fourth-order valence-electron chi connectivity index (χ4n) is 3.89. The van der Waals surface area contributed by atoms with Crippen LogP contribution in [0.5, 0.6) is 0 Å². The van der Waals surface area contributed by atoms with Gasteiger partial charge in [-0.1, -0.05) is 0 Å². The Hall–Kier alpha value is -2.89. The van der Waals surface area contributed by atoms with Crippen molar-refractivity contribution in [3.05, 3.63) is 53.9 Å².